The molecule has 3 aromatic rings. The van der Waals surface area contributed by atoms with Crippen LogP contribution in [0, 0.1) is 0 Å². The molecule has 0 aliphatic rings. The fourth-order valence-corrected chi connectivity index (χ4v) is 2.81. The summed E-state index contributed by atoms with van der Waals surface area (Å²) >= 11 is 1.69. The number of aliphatic hydroxyl groups excluding tert-OH is 1. The number of nitrogens with zero attached hydrogens (tertiary/aromatic N) is 2. The van der Waals surface area contributed by atoms with E-state index in [1.807, 2.05) is 24.4 Å². The highest BCUT2D eigenvalue weighted by Crippen LogP contribution is 2.23. The van der Waals surface area contributed by atoms with Gasteiger partial charge in [-0.2, -0.15) is 16.4 Å². The third-order valence-electron chi connectivity index (χ3n) is 3.10. The number of aromatic nitrogens is 2. The molecule has 18 heavy (non-hydrogen) atoms. The predicted molar refractivity (Wildman–Crippen MR) is 72.8 cm³/mol. The number of hydrogen-bond donors (Lipinski definition) is 1. The molecule has 3 rings (SSSR count). The molecule has 3 aromatic heterocycles. The maximum atomic E-state index is 10.3. The van der Waals surface area contributed by atoms with Gasteiger partial charge in [0.1, 0.15) is 0 Å². The van der Waals surface area contributed by atoms with Crippen LogP contribution in [-0.2, 0) is 6.42 Å². The second kappa shape index (κ2) is 4.92. The van der Waals surface area contributed by atoms with Crippen molar-refractivity contribution >= 4 is 16.9 Å². The molecule has 4 heteroatoms. The summed E-state index contributed by atoms with van der Waals surface area (Å²) in [5.41, 5.74) is 3.18. The van der Waals surface area contributed by atoms with Crippen molar-refractivity contribution in [3.8, 4) is 0 Å². The third-order valence-corrected chi connectivity index (χ3v) is 3.83. The Balaban J connectivity index is 1.77. The van der Waals surface area contributed by atoms with Gasteiger partial charge in [-0.05, 0) is 47.4 Å². The van der Waals surface area contributed by atoms with E-state index in [0.717, 1.165) is 23.9 Å². The maximum absolute atomic E-state index is 10.3. The number of aryl methyl sites for hydroxylation is 1. The van der Waals surface area contributed by atoms with Crippen LogP contribution in [0.5, 0.6) is 0 Å². The van der Waals surface area contributed by atoms with Gasteiger partial charge in [-0.1, -0.05) is 6.07 Å². The first-order valence-electron chi connectivity index (χ1n) is 5.96. The topological polar surface area (TPSA) is 37.5 Å². The van der Waals surface area contributed by atoms with Crippen molar-refractivity contribution in [1.29, 1.82) is 0 Å². The first-order valence-corrected chi connectivity index (χ1v) is 6.90. The van der Waals surface area contributed by atoms with Crippen molar-refractivity contribution < 1.29 is 5.11 Å². The van der Waals surface area contributed by atoms with E-state index in [1.54, 1.807) is 22.0 Å². The minimum Gasteiger partial charge on any atom is -0.388 e. The van der Waals surface area contributed by atoms with E-state index in [4.69, 9.17) is 0 Å². The molecule has 3 heterocycles. The number of rotatable bonds is 4. The normalized spacial score (nSPS) is 12.9. The van der Waals surface area contributed by atoms with Crippen molar-refractivity contribution in [2.75, 3.05) is 0 Å². The zero-order valence-corrected chi connectivity index (χ0v) is 10.7. The number of pyridine rings is 1. The van der Waals surface area contributed by atoms with E-state index < -0.39 is 6.10 Å². The van der Waals surface area contributed by atoms with Crippen LogP contribution in [0.1, 0.15) is 23.7 Å². The first-order chi connectivity index (χ1) is 8.84. The minimum atomic E-state index is -0.454. The molecule has 0 saturated heterocycles. The SMILES string of the molecule is OC(CCc1ccsc1)c1cnn2ccccc12. The van der Waals surface area contributed by atoms with Crippen molar-refractivity contribution in [3.05, 3.63) is 58.5 Å². The van der Waals surface area contributed by atoms with Gasteiger partial charge >= 0.3 is 0 Å². The van der Waals surface area contributed by atoms with Crippen LogP contribution in [0.2, 0.25) is 0 Å². The summed E-state index contributed by atoms with van der Waals surface area (Å²) in [4.78, 5) is 0. The minimum absolute atomic E-state index is 0.454. The second-order valence-electron chi connectivity index (χ2n) is 4.32. The van der Waals surface area contributed by atoms with Crippen LogP contribution in [0.4, 0.5) is 0 Å². The standard InChI is InChI=1S/C14H14N2OS/c17-14(5-4-11-6-8-18-10-11)12-9-15-16-7-2-1-3-13(12)16/h1-3,6-10,14,17H,4-5H2. The molecular formula is C14H14N2OS. The lowest BCUT2D eigenvalue weighted by molar-refractivity contribution is 0.169. The van der Waals surface area contributed by atoms with E-state index in [1.165, 1.54) is 5.56 Å². The fraction of sp³-hybridized carbons (Fsp3) is 0.214. The van der Waals surface area contributed by atoms with Gasteiger partial charge in [0.25, 0.3) is 0 Å². The monoisotopic (exact) mass is 258 g/mol. The quantitative estimate of drug-likeness (QED) is 0.781. The fourth-order valence-electron chi connectivity index (χ4n) is 2.10. The number of aliphatic hydroxyl groups is 1. The number of thiophene rings is 1. The largest absolute Gasteiger partial charge is 0.388 e. The highest BCUT2D eigenvalue weighted by atomic mass is 32.1. The van der Waals surface area contributed by atoms with Crippen molar-refractivity contribution in [2.24, 2.45) is 0 Å². The molecule has 0 spiro atoms. The first kappa shape index (κ1) is 11.4. The summed E-state index contributed by atoms with van der Waals surface area (Å²) in [5.74, 6) is 0. The van der Waals surface area contributed by atoms with Gasteiger partial charge in [-0.25, -0.2) is 4.52 Å². The Morgan fingerprint density at radius 3 is 3.11 bits per heavy atom. The lowest BCUT2D eigenvalue weighted by atomic mass is 10.0. The van der Waals surface area contributed by atoms with Crippen molar-refractivity contribution in [3.63, 3.8) is 0 Å². The van der Waals surface area contributed by atoms with E-state index in [0.29, 0.717) is 0 Å². The number of fused-ring (bicyclic) bond motifs is 1. The smallest absolute Gasteiger partial charge is 0.0830 e. The van der Waals surface area contributed by atoms with Gasteiger partial charge < -0.3 is 5.11 Å². The molecule has 0 amide bonds. The Kier molecular flexibility index (Phi) is 3.13. The van der Waals surface area contributed by atoms with Crippen LogP contribution >= 0.6 is 11.3 Å². The Morgan fingerprint density at radius 1 is 1.33 bits per heavy atom. The predicted octanol–water partition coefficient (Wildman–Crippen LogP) is 3.06. The van der Waals surface area contributed by atoms with Gasteiger partial charge in [0.2, 0.25) is 0 Å². The van der Waals surface area contributed by atoms with Crippen LogP contribution in [0.15, 0.2) is 47.4 Å². The summed E-state index contributed by atoms with van der Waals surface area (Å²) in [6, 6.07) is 7.98. The van der Waals surface area contributed by atoms with Crippen molar-refractivity contribution in [1.82, 2.24) is 9.61 Å². The zero-order valence-electron chi connectivity index (χ0n) is 9.86. The van der Waals surface area contributed by atoms with E-state index in [-0.39, 0.29) is 0 Å². The Labute approximate surface area is 109 Å². The van der Waals surface area contributed by atoms with Gasteiger partial charge in [0.05, 0.1) is 17.8 Å². The molecule has 1 N–H and O–H groups in total. The maximum Gasteiger partial charge on any atom is 0.0830 e. The van der Waals surface area contributed by atoms with E-state index in [9.17, 15) is 5.11 Å². The molecule has 0 saturated carbocycles. The van der Waals surface area contributed by atoms with Gasteiger partial charge in [0.15, 0.2) is 0 Å². The lowest BCUT2D eigenvalue weighted by Crippen LogP contribution is -1.99. The molecule has 0 aliphatic carbocycles. The number of hydrogen-bond acceptors (Lipinski definition) is 3. The van der Waals surface area contributed by atoms with Crippen molar-refractivity contribution in [2.45, 2.75) is 18.9 Å². The third kappa shape index (κ3) is 2.17. The Hall–Kier alpha value is -1.65. The highest BCUT2D eigenvalue weighted by molar-refractivity contribution is 7.07. The van der Waals surface area contributed by atoms with Crippen LogP contribution in [-0.4, -0.2) is 14.7 Å². The summed E-state index contributed by atoms with van der Waals surface area (Å²) in [6.45, 7) is 0. The van der Waals surface area contributed by atoms with Crippen LogP contribution < -0.4 is 0 Å². The molecule has 1 atom stereocenters. The summed E-state index contributed by atoms with van der Waals surface area (Å²) in [6.07, 6.45) is 4.82. The average Bonchev–Trinajstić information content (AvgIpc) is 3.05. The van der Waals surface area contributed by atoms with Crippen LogP contribution in [0.3, 0.4) is 0 Å². The molecule has 0 aliphatic heterocycles. The molecule has 1 unspecified atom stereocenters. The average molecular weight is 258 g/mol. The Morgan fingerprint density at radius 2 is 2.28 bits per heavy atom. The summed E-state index contributed by atoms with van der Waals surface area (Å²) < 4.78 is 1.79. The molecule has 0 radical (unpaired) electrons. The summed E-state index contributed by atoms with van der Waals surface area (Å²) in [7, 11) is 0. The molecule has 3 nitrogen and oxygen atoms in total. The lowest BCUT2D eigenvalue weighted by Gasteiger charge is -2.08. The van der Waals surface area contributed by atoms with Crippen LogP contribution in [0.25, 0.3) is 5.52 Å². The Bertz CT molecular complexity index is 630. The van der Waals surface area contributed by atoms with Gasteiger partial charge in [-0.3, -0.25) is 0 Å². The van der Waals surface area contributed by atoms with Gasteiger partial charge in [0, 0.05) is 11.8 Å². The molecule has 92 valence electrons. The molecule has 0 aromatic carbocycles. The molecular weight excluding hydrogens is 244 g/mol. The zero-order chi connectivity index (χ0) is 12.4. The molecule has 0 bridgehead atoms. The summed E-state index contributed by atoms with van der Waals surface area (Å²) in [5, 5.41) is 18.7. The highest BCUT2D eigenvalue weighted by Gasteiger charge is 2.13. The second-order valence-corrected chi connectivity index (χ2v) is 5.10. The van der Waals surface area contributed by atoms with E-state index in [2.05, 4.69) is 21.9 Å². The van der Waals surface area contributed by atoms with E-state index >= 15 is 0 Å². The molecule has 0 fully saturated rings. The van der Waals surface area contributed by atoms with Gasteiger partial charge in [-0.15, -0.1) is 0 Å².